The first-order valence-electron chi connectivity index (χ1n) is 12.7. The van der Waals surface area contributed by atoms with E-state index >= 15 is 0 Å². The second-order valence-corrected chi connectivity index (χ2v) is 11.2. The van der Waals surface area contributed by atoms with Crippen molar-refractivity contribution in [2.24, 2.45) is 0 Å². The molecule has 0 radical (unpaired) electrons. The Morgan fingerprint density at radius 2 is 1.12 bits per heavy atom. The normalized spacial score (nSPS) is 11.8. The fourth-order valence-electron chi connectivity index (χ4n) is 4.04. The van der Waals surface area contributed by atoms with Crippen molar-refractivity contribution in [2.75, 3.05) is 31.5 Å². The average Bonchev–Trinajstić information content (AvgIpc) is 2.76. The van der Waals surface area contributed by atoms with Gasteiger partial charge in [0.2, 0.25) is 0 Å². The van der Waals surface area contributed by atoms with Crippen LogP contribution in [-0.4, -0.2) is 49.0 Å². The van der Waals surface area contributed by atoms with Crippen LogP contribution in [-0.2, 0) is 10.1 Å². The SMILES string of the molecule is CCCCCC[N+](CCCBr)(CCCCC)CCCCC.Cc1ccc(S(=O)(=O)[O-])cc1. The summed E-state index contributed by atoms with van der Waals surface area (Å²) in [6.45, 7) is 14.5. The van der Waals surface area contributed by atoms with E-state index in [0.717, 1.165) is 5.56 Å². The molecule has 0 unspecified atom stereocenters. The lowest BCUT2D eigenvalue weighted by atomic mass is 10.1. The smallest absolute Gasteiger partial charge is 0.124 e. The van der Waals surface area contributed by atoms with Crippen LogP contribution in [0.3, 0.4) is 0 Å². The monoisotopic (exact) mass is 533 g/mol. The zero-order valence-corrected chi connectivity index (χ0v) is 23.5. The van der Waals surface area contributed by atoms with Crippen LogP contribution in [0.15, 0.2) is 29.2 Å². The molecule has 1 rings (SSSR count). The van der Waals surface area contributed by atoms with Crippen molar-refractivity contribution in [1.82, 2.24) is 0 Å². The van der Waals surface area contributed by atoms with E-state index in [9.17, 15) is 13.0 Å². The number of rotatable bonds is 17. The molecule has 4 nitrogen and oxygen atoms in total. The molecule has 0 N–H and O–H groups in total. The van der Waals surface area contributed by atoms with E-state index in [1.54, 1.807) is 12.1 Å². The number of hydrogen-bond acceptors (Lipinski definition) is 3. The van der Waals surface area contributed by atoms with E-state index in [2.05, 4.69) is 36.7 Å². The fourth-order valence-corrected chi connectivity index (χ4v) is 4.76. The molecular weight excluding hydrogens is 486 g/mol. The molecule has 0 saturated heterocycles. The molecule has 0 atom stereocenters. The van der Waals surface area contributed by atoms with Crippen molar-refractivity contribution in [2.45, 2.75) is 103 Å². The Kier molecular flexibility index (Phi) is 18.7. The number of alkyl halides is 1. The van der Waals surface area contributed by atoms with E-state index in [1.165, 1.54) is 119 Å². The third-order valence-electron chi connectivity index (χ3n) is 6.03. The molecule has 0 fully saturated rings. The minimum Gasteiger partial charge on any atom is -0.744 e. The highest BCUT2D eigenvalue weighted by atomic mass is 79.9. The van der Waals surface area contributed by atoms with Crippen LogP contribution in [0.5, 0.6) is 0 Å². The Labute approximate surface area is 207 Å². The third kappa shape index (κ3) is 15.4. The minimum absolute atomic E-state index is 0.178. The second kappa shape index (κ2) is 18.9. The first-order valence-corrected chi connectivity index (χ1v) is 15.2. The summed E-state index contributed by atoms with van der Waals surface area (Å²) in [7, 11) is -4.27. The summed E-state index contributed by atoms with van der Waals surface area (Å²) in [5, 5.41) is 1.17. The predicted molar refractivity (Wildman–Crippen MR) is 140 cm³/mol. The molecule has 6 heteroatoms. The van der Waals surface area contributed by atoms with Gasteiger partial charge in [-0.05, 0) is 57.6 Å². The molecule has 0 spiro atoms. The largest absolute Gasteiger partial charge is 0.744 e. The van der Waals surface area contributed by atoms with Crippen molar-refractivity contribution in [3.8, 4) is 0 Å². The summed E-state index contributed by atoms with van der Waals surface area (Å²) in [4.78, 5) is -0.178. The molecule has 0 heterocycles. The maximum Gasteiger partial charge on any atom is 0.124 e. The molecule has 0 aliphatic heterocycles. The Bertz CT molecular complexity index is 652. The molecule has 0 aliphatic carbocycles. The van der Waals surface area contributed by atoms with E-state index in [-0.39, 0.29) is 4.90 Å². The number of nitrogens with zero attached hydrogens (tertiary/aromatic N) is 1. The van der Waals surface area contributed by atoms with Crippen molar-refractivity contribution >= 4 is 26.0 Å². The fraction of sp³-hybridized carbons (Fsp3) is 0.769. The Hall–Kier alpha value is -0.430. The molecule has 1 aromatic carbocycles. The van der Waals surface area contributed by atoms with Crippen LogP contribution in [0.25, 0.3) is 0 Å². The maximum absolute atomic E-state index is 10.4. The molecular formula is C26H48BrNO3S. The van der Waals surface area contributed by atoms with Crippen molar-refractivity contribution in [1.29, 1.82) is 0 Å². The molecule has 0 aliphatic rings. The molecule has 188 valence electrons. The van der Waals surface area contributed by atoms with Crippen LogP contribution in [0.1, 0.15) is 97.0 Å². The lowest BCUT2D eigenvalue weighted by Crippen LogP contribution is -2.51. The summed E-state index contributed by atoms with van der Waals surface area (Å²) >= 11 is 3.65. The lowest BCUT2D eigenvalue weighted by molar-refractivity contribution is -0.928. The van der Waals surface area contributed by atoms with Gasteiger partial charge in [-0.3, -0.25) is 0 Å². The number of hydrogen-bond donors (Lipinski definition) is 0. The molecule has 0 amide bonds. The zero-order chi connectivity index (χ0) is 24.3. The van der Waals surface area contributed by atoms with Gasteiger partial charge in [-0.15, -0.1) is 0 Å². The summed E-state index contributed by atoms with van der Waals surface area (Å²) in [5.41, 5.74) is 0.928. The average molecular weight is 535 g/mol. The summed E-state index contributed by atoms with van der Waals surface area (Å²) in [5.74, 6) is 0. The van der Waals surface area contributed by atoms with Gasteiger partial charge in [-0.2, -0.15) is 0 Å². The van der Waals surface area contributed by atoms with Gasteiger partial charge in [0.25, 0.3) is 0 Å². The van der Waals surface area contributed by atoms with Gasteiger partial charge in [0, 0.05) is 11.8 Å². The number of benzene rings is 1. The predicted octanol–water partition coefficient (Wildman–Crippen LogP) is 7.45. The van der Waals surface area contributed by atoms with Crippen molar-refractivity contribution in [3.05, 3.63) is 29.8 Å². The van der Waals surface area contributed by atoms with Gasteiger partial charge in [0.1, 0.15) is 10.1 Å². The quantitative estimate of drug-likeness (QED) is 0.0903. The Morgan fingerprint density at radius 1 is 0.719 bits per heavy atom. The standard InChI is InChI=1S/C19H41BrN.C7H8O3S/c1-4-7-10-13-18-21(19-14-15-20,16-11-8-5-2)17-12-9-6-3;1-6-2-4-7(5-3-6)11(8,9)10/h4-19H2,1-3H3;2-5H,1H3,(H,8,9,10)/q+1;/p-1. The van der Waals surface area contributed by atoms with Crippen LogP contribution in [0, 0.1) is 6.92 Å². The molecule has 0 bridgehead atoms. The van der Waals surface area contributed by atoms with Crippen LogP contribution in [0.2, 0.25) is 0 Å². The van der Waals surface area contributed by atoms with E-state index in [1.807, 2.05) is 6.92 Å². The number of halogens is 1. The van der Waals surface area contributed by atoms with Gasteiger partial charge in [-0.1, -0.05) is 80.1 Å². The first-order chi connectivity index (χ1) is 15.2. The minimum atomic E-state index is -4.27. The highest BCUT2D eigenvalue weighted by Gasteiger charge is 2.25. The maximum atomic E-state index is 10.4. The van der Waals surface area contributed by atoms with Crippen molar-refractivity contribution < 1.29 is 17.5 Å². The van der Waals surface area contributed by atoms with E-state index < -0.39 is 10.1 Å². The number of aryl methyl sites for hydroxylation is 1. The first kappa shape index (κ1) is 31.6. The number of unbranched alkanes of at least 4 members (excludes halogenated alkanes) is 7. The van der Waals surface area contributed by atoms with Crippen molar-refractivity contribution in [3.63, 3.8) is 0 Å². The van der Waals surface area contributed by atoms with Crippen LogP contribution in [0.4, 0.5) is 0 Å². The molecule has 0 aromatic heterocycles. The van der Waals surface area contributed by atoms with Gasteiger partial charge < -0.3 is 9.04 Å². The number of quaternary nitrogens is 1. The summed E-state index contributed by atoms with van der Waals surface area (Å²) < 4.78 is 32.6. The van der Waals surface area contributed by atoms with E-state index in [4.69, 9.17) is 0 Å². The van der Waals surface area contributed by atoms with Gasteiger partial charge in [0.15, 0.2) is 0 Å². The summed E-state index contributed by atoms with van der Waals surface area (Å²) in [6.07, 6.45) is 15.4. The van der Waals surface area contributed by atoms with E-state index in [0.29, 0.717) is 0 Å². The molecule has 32 heavy (non-hydrogen) atoms. The Balaban J connectivity index is 0.000000726. The molecule has 0 saturated carbocycles. The summed E-state index contributed by atoms with van der Waals surface area (Å²) in [6, 6.07) is 5.78. The van der Waals surface area contributed by atoms with Crippen LogP contribution >= 0.6 is 15.9 Å². The second-order valence-electron chi connectivity index (χ2n) is 9.02. The Morgan fingerprint density at radius 3 is 1.53 bits per heavy atom. The highest BCUT2D eigenvalue weighted by Crippen LogP contribution is 2.18. The highest BCUT2D eigenvalue weighted by molar-refractivity contribution is 9.09. The van der Waals surface area contributed by atoms with Gasteiger partial charge in [0.05, 0.1) is 31.1 Å². The van der Waals surface area contributed by atoms with Gasteiger partial charge >= 0.3 is 0 Å². The zero-order valence-electron chi connectivity index (χ0n) is 21.1. The van der Waals surface area contributed by atoms with Gasteiger partial charge in [-0.25, -0.2) is 8.42 Å². The van der Waals surface area contributed by atoms with Crippen LogP contribution < -0.4 is 0 Å². The topological polar surface area (TPSA) is 57.2 Å². The third-order valence-corrected chi connectivity index (χ3v) is 7.44. The molecule has 1 aromatic rings. The lowest BCUT2D eigenvalue weighted by Gasteiger charge is -2.39.